The third kappa shape index (κ3) is 3.00. The Balaban J connectivity index is 1.86. The molecule has 0 aliphatic rings. The minimum absolute atomic E-state index is 0.0977. The average molecular weight is 372 g/mol. The number of nitrogens with zero attached hydrogens (tertiary/aromatic N) is 5. The molecule has 7 heteroatoms. The third-order valence-electron chi connectivity index (χ3n) is 4.74. The average Bonchev–Trinajstić information content (AvgIpc) is 2.70. The highest BCUT2D eigenvalue weighted by molar-refractivity contribution is 5.83. The number of hydrogen-bond acceptors (Lipinski definition) is 6. The van der Waals surface area contributed by atoms with E-state index in [0.717, 1.165) is 33.5 Å². The third-order valence-corrected chi connectivity index (χ3v) is 4.74. The lowest BCUT2D eigenvalue weighted by molar-refractivity contribution is 0.886. The summed E-state index contributed by atoms with van der Waals surface area (Å²) in [6.45, 7) is 3.91. The second-order valence-corrected chi connectivity index (χ2v) is 6.72. The second-order valence-electron chi connectivity index (χ2n) is 6.72. The van der Waals surface area contributed by atoms with E-state index in [1.807, 2.05) is 38.1 Å². The largest absolute Gasteiger partial charge is 0.357 e. The zero-order valence-corrected chi connectivity index (χ0v) is 16.2. The first-order chi connectivity index (χ1) is 13.5. The van der Waals surface area contributed by atoms with Crippen LogP contribution in [0.4, 0.5) is 5.95 Å². The van der Waals surface area contributed by atoms with E-state index in [1.54, 1.807) is 37.3 Å². The van der Waals surface area contributed by atoms with E-state index in [1.165, 1.54) is 0 Å². The van der Waals surface area contributed by atoms with Crippen molar-refractivity contribution in [2.75, 3.05) is 12.4 Å². The van der Waals surface area contributed by atoms with Crippen LogP contribution in [0.3, 0.4) is 0 Å². The van der Waals surface area contributed by atoms with Crippen LogP contribution in [0.2, 0.25) is 0 Å². The summed E-state index contributed by atoms with van der Waals surface area (Å²) >= 11 is 0. The molecule has 3 heterocycles. The number of nitrogens with one attached hydrogen (secondary N) is 1. The van der Waals surface area contributed by atoms with Gasteiger partial charge in [-0.1, -0.05) is 12.1 Å². The SMILES string of the molecule is CNc1ncc2cc(-c3ccc(-c4cncc(C)n4)cc3C)c(=O)n(C)c2n1. The molecule has 0 atom stereocenters. The van der Waals surface area contributed by atoms with Gasteiger partial charge in [0.15, 0.2) is 0 Å². The summed E-state index contributed by atoms with van der Waals surface area (Å²) in [6.07, 6.45) is 5.20. The van der Waals surface area contributed by atoms with Crippen molar-refractivity contribution in [3.8, 4) is 22.4 Å². The Morgan fingerprint density at radius 2 is 1.82 bits per heavy atom. The normalized spacial score (nSPS) is 11.0. The highest BCUT2D eigenvalue weighted by Crippen LogP contribution is 2.27. The van der Waals surface area contributed by atoms with Crippen LogP contribution in [-0.2, 0) is 7.05 Å². The lowest BCUT2D eigenvalue weighted by atomic mass is 9.98. The monoisotopic (exact) mass is 372 g/mol. The van der Waals surface area contributed by atoms with Gasteiger partial charge in [-0.3, -0.25) is 14.3 Å². The lowest BCUT2D eigenvalue weighted by Crippen LogP contribution is -2.20. The van der Waals surface area contributed by atoms with Gasteiger partial charge in [0.25, 0.3) is 5.56 Å². The standard InChI is InChI=1S/C21H20N6O/c1-12-7-14(18-11-23-9-13(2)25-18)5-6-16(12)17-8-15-10-24-21(22-3)26-19(15)27(4)20(17)28/h5-11H,1-4H3,(H,22,24,26). The number of anilines is 1. The summed E-state index contributed by atoms with van der Waals surface area (Å²) in [7, 11) is 3.48. The molecule has 0 saturated carbocycles. The molecule has 0 aliphatic carbocycles. The maximum atomic E-state index is 13.0. The van der Waals surface area contributed by atoms with Crippen molar-refractivity contribution in [1.82, 2.24) is 24.5 Å². The first-order valence-corrected chi connectivity index (χ1v) is 8.92. The van der Waals surface area contributed by atoms with Crippen molar-refractivity contribution in [1.29, 1.82) is 0 Å². The van der Waals surface area contributed by atoms with Gasteiger partial charge < -0.3 is 5.32 Å². The molecule has 4 rings (SSSR count). The molecule has 0 radical (unpaired) electrons. The quantitative estimate of drug-likeness (QED) is 0.595. The molecule has 3 aromatic heterocycles. The Kier molecular flexibility index (Phi) is 4.35. The van der Waals surface area contributed by atoms with Gasteiger partial charge in [0, 0.05) is 43.0 Å². The van der Waals surface area contributed by atoms with Crippen LogP contribution >= 0.6 is 0 Å². The summed E-state index contributed by atoms with van der Waals surface area (Å²) in [6, 6.07) is 7.81. The maximum absolute atomic E-state index is 13.0. The van der Waals surface area contributed by atoms with Gasteiger partial charge in [0.2, 0.25) is 5.95 Å². The van der Waals surface area contributed by atoms with E-state index in [0.29, 0.717) is 17.2 Å². The van der Waals surface area contributed by atoms with Crippen molar-refractivity contribution in [3.63, 3.8) is 0 Å². The molecule has 1 N–H and O–H groups in total. The van der Waals surface area contributed by atoms with Crippen LogP contribution in [0, 0.1) is 13.8 Å². The Morgan fingerprint density at radius 1 is 1.00 bits per heavy atom. The number of aromatic nitrogens is 5. The molecule has 28 heavy (non-hydrogen) atoms. The van der Waals surface area contributed by atoms with Gasteiger partial charge >= 0.3 is 0 Å². The number of aryl methyl sites for hydroxylation is 3. The molecule has 0 fully saturated rings. The zero-order valence-electron chi connectivity index (χ0n) is 16.2. The summed E-state index contributed by atoms with van der Waals surface area (Å²) in [5.41, 5.74) is 5.64. The van der Waals surface area contributed by atoms with Crippen molar-refractivity contribution in [3.05, 3.63) is 64.5 Å². The number of hydrogen-bond donors (Lipinski definition) is 1. The molecule has 0 bridgehead atoms. The molecule has 0 unspecified atom stereocenters. The first-order valence-electron chi connectivity index (χ1n) is 8.92. The van der Waals surface area contributed by atoms with Crippen LogP contribution < -0.4 is 10.9 Å². The van der Waals surface area contributed by atoms with Gasteiger partial charge in [-0.25, -0.2) is 9.97 Å². The Morgan fingerprint density at radius 3 is 2.54 bits per heavy atom. The number of benzene rings is 1. The van der Waals surface area contributed by atoms with Crippen molar-refractivity contribution in [2.45, 2.75) is 13.8 Å². The summed E-state index contributed by atoms with van der Waals surface area (Å²) in [5, 5.41) is 3.71. The fourth-order valence-electron chi connectivity index (χ4n) is 3.29. The summed E-state index contributed by atoms with van der Waals surface area (Å²) < 4.78 is 1.56. The van der Waals surface area contributed by atoms with E-state index in [4.69, 9.17) is 0 Å². The summed E-state index contributed by atoms with van der Waals surface area (Å²) in [5.74, 6) is 0.482. The minimum atomic E-state index is -0.0977. The summed E-state index contributed by atoms with van der Waals surface area (Å²) in [4.78, 5) is 30.4. The minimum Gasteiger partial charge on any atom is -0.357 e. The molecule has 140 valence electrons. The van der Waals surface area contributed by atoms with Crippen LogP contribution in [-0.4, -0.2) is 31.6 Å². The lowest BCUT2D eigenvalue weighted by Gasteiger charge is -2.12. The van der Waals surface area contributed by atoms with E-state index in [9.17, 15) is 4.79 Å². The van der Waals surface area contributed by atoms with E-state index in [2.05, 4.69) is 25.3 Å². The Bertz CT molecular complexity index is 1260. The first kappa shape index (κ1) is 17.8. The number of fused-ring (bicyclic) bond motifs is 1. The molecule has 0 saturated heterocycles. The molecular formula is C21H20N6O. The van der Waals surface area contributed by atoms with Gasteiger partial charge in [-0.15, -0.1) is 0 Å². The smallest absolute Gasteiger partial charge is 0.259 e. The zero-order chi connectivity index (χ0) is 19.8. The van der Waals surface area contributed by atoms with Crippen LogP contribution in [0.1, 0.15) is 11.3 Å². The van der Waals surface area contributed by atoms with Gasteiger partial charge in [-0.05, 0) is 37.1 Å². The molecule has 4 aromatic rings. The highest BCUT2D eigenvalue weighted by atomic mass is 16.1. The Hall–Kier alpha value is -3.61. The second kappa shape index (κ2) is 6.84. The van der Waals surface area contributed by atoms with Crippen LogP contribution in [0.15, 0.2) is 47.7 Å². The van der Waals surface area contributed by atoms with Gasteiger partial charge in [0.1, 0.15) is 5.65 Å². The topological polar surface area (TPSA) is 85.6 Å². The molecule has 1 aromatic carbocycles. The molecule has 7 nitrogen and oxygen atoms in total. The van der Waals surface area contributed by atoms with Crippen LogP contribution in [0.5, 0.6) is 0 Å². The molecule has 0 amide bonds. The van der Waals surface area contributed by atoms with Crippen molar-refractivity contribution >= 4 is 17.0 Å². The maximum Gasteiger partial charge on any atom is 0.259 e. The van der Waals surface area contributed by atoms with E-state index < -0.39 is 0 Å². The van der Waals surface area contributed by atoms with Crippen molar-refractivity contribution < 1.29 is 0 Å². The highest BCUT2D eigenvalue weighted by Gasteiger charge is 2.13. The van der Waals surface area contributed by atoms with Gasteiger partial charge in [-0.2, -0.15) is 4.98 Å². The van der Waals surface area contributed by atoms with Crippen LogP contribution in [0.25, 0.3) is 33.4 Å². The predicted octanol–water partition coefficient (Wildman–Crippen LogP) is 3.11. The Labute approximate surface area is 162 Å². The molecule has 0 aliphatic heterocycles. The van der Waals surface area contributed by atoms with E-state index in [-0.39, 0.29) is 5.56 Å². The fourth-order valence-corrected chi connectivity index (χ4v) is 3.29. The number of pyridine rings is 1. The van der Waals surface area contributed by atoms with Crippen molar-refractivity contribution in [2.24, 2.45) is 7.05 Å². The predicted molar refractivity (Wildman–Crippen MR) is 110 cm³/mol. The van der Waals surface area contributed by atoms with Gasteiger partial charge in [0.05, 0.1) is 17.6 Å². The number of rotatable bonds is 3. The fraction of sp³-hybridized carbons (Fsp3) is 0.190. The molecule has 0 spiro atoms. The molecular weight excluding hydrogens is 352 g/mol. The van der Waals surface area contributed by atoms with E-state index >= 15 is 0 Å².